The lowest BCUT2D eigenvalue weighted by Gasteiger charge is -2.15. The summed E-state index contributed by atoms with van der Waals surface area (Å²) in [7, 11) is 0. The monoisotopic (exact) mass is 384 g/mol. The van der Waals surface area contributed by atoms with Gasteiger partial charge in [-0.1, -0.05) is 6.92 Å². The molecule has 0 saturated carbocycles. The Morgan fingerprint density at radius 3 is 3.07 bits per heavy atom. The van der Waals surface area contributed by atoms with Gasteiger partial charge in [-0.2, -0.15) is 0 Å². The van der Waals surface area contributed by atoms with Gasteiger partial charge in [0.15, 0.2) is 5.13 Å². The van der Waals surface area contributed by atoms with E-state index in [2.05, 4.69) is 17.2 Å². The molecule has 1 aromatic carbocycles. The number of carbonyl (C=O) groups is 1. The number of hydrogen-bond donors (Lipinski definition) is 1. The Balaban J connectivity index is 1.60. The van der Waals surface area contributed by atoms with E-state index in [1.54, 1.807) is 24.3 Å². The van der Waals surface area contributed by atoms with Gasteiger partial charge in [0.05, 0.1) is 12.3 Å². The van der Waals surface area contributed by atoms with Gasteiger partial charge in [-0.25, -0.2) is 9.78 Å². The van der Waals surface area contributed by atoms with Gasteiger partial charge in [-0.05, 0) is 50.3 Å². The van der Waals surface area contributed by atoms with E-state index in [1.807, 2.05) is 6.92 Å². The van der Waals surface area contributed by atoms with Crippen LogP contribution in [0.25, 0.3) is 11.0 Å². The number of anilines is 1. The van der Waals surface area contributed by atoms with Crippen molar-refractivity contribution in [2.75, 3.05) is 11.9 Å². The average Bonchev–Trinajstić information content (AvgIpc) is 3.02. The van der Waals surface area contributed by atoms with Gasteiger partial charge in [0.25, 0.3) is 5.91 Å². The molecule has 6 nitrogen and oxygen atoms in total. The number of aromatic nitrogens is 1. The zero-order valence-electron chi connectivity index (χ0n) is 15.2. The van der Waals surface area contributed by atoms with Crippen LogP contribution in [0, 0.1) is 5.92 Å². The second-order valence-electron chi connectivity index (χ2n) is 6.77. The van der Waals surface area contributed by atoms with Gasteiger partial charge in [0.2, 0.25) is 0 Å². The molecule has 0 spiro atoms. The maximum absolute atomic E-state index is 12.6. The smallest absolute Gasteiger partial charge is 0.349 e. The summed E-state index contributed by atoms with van der Waals surface area (Å²) in [6.07, 6.45) is 3.04. The van der Waals surface area contributed by atoms with Crippen LogP contribution in [0.5, 0.6) is 5.75 Å². The molecule has 27 heavy (non-hydrogen) atoms. The number of ether oxygens (including phenoxy) is 1. The average molecular weight is 384 g/mol. The molecule has 1 atom stereocenters. The summed E-state index contributed by atoms with van der Waals surface area (Å²) in [6, 6.07) is 6.74. The third-order valence-electron chi connectivity index (χ3n) is 4.67. The van der Waals surface area contributed by atoms with E-state index in [1.165, 1.54) is 16.2 Å². The Morgan fingerprint density at radius 2 is 2.26 bits per heavy atom. The number of benzene rings is 1. The molecule has 7 heteroatoms. The minimum absolute atomic E-state index is 0.0341. The second kappa shape index (κ2) is 7.15. The van der Waals surface area contributed by atoms with Gasteiger partial charge < -0.3 is 9.15 Å². The number of fused-ring (bicyclic) bond motifs is 2. The third kappa shape index (κ3) is 3.60. The quantitative estimate of drug-likeness (QED) is 0.687. The standard InChI is InChI=1S/C20H20N2O4S/c1-3-25-13-6-5-12-9-14(19(24)26-16(12)10-13)18(23)22-20-21-15-7-4-11(2)8-17(15)27-20/h5-6,9-11H,3-4,7-8H2,1-2H3,(H,21,22,23). The number of rotatable bonds is 4. The molecule has 1 aliphatic rings. The van der Waals surface area contributed by atoms with Crippen molar-refractivity contribution in [2.24, 2.45) is 5.92 Å². The third-order valence-corrected chi connectivity index (χ3v) is 5.70. The van der Waals surface area contributed by atoms with Crippen molar-refractivity contribution in [3.8, 4) is 5.75 Å². The summed E-state index contributed by atoms with van der Waals surface area (Å²) in [6.45, 7) is 4.62. The molecule has 4 rings (SSSR count). The highest BCUT2D eigenvalue weighted by Crippen LogP contribution is 2.32. The number of nitrogens with zero attached hydrogens (tertiary/aromatic N) is 1. The molecule has 140 valence electrons. The van der Waals surface area contributed by atoms with Crippen molar-refractivity contribution in [1.29, 1.82) is 0 Å². The molecule has 0 bridgehead atoms. The van der Waals surface area contributed by atoms with Gasteiger partial charge >= 0.3 is 5.63 Å². The first kappa shape index (κ1) is 17.7. The molecule has 2 aromatic heterocycles. The van der Waals surface area contributed by atoms with E-state index >= 15 is 0 Å². The fraction of sp³-hybridized carbons (Fsp3) is 0.350. The van der Waals surface area contributed by atoms with Crippen LogP contribution in [-0.4, -0.2) is 17.5 Å². The van der Waals surface area contributed by atoms with Gasteiger partial charge in [-0.3, -0.25) is 10.1 Å². The van der Waals surface area contributed by atoms with Crippen LogP contribution in [0.3, 0.4) is 0 Å². The predicted molar refractivity (Wildman–Crippen MR) is 105 cm³/mol. The predicted octanol–water partition coefficient (Wildman–Crippen LogP) is 4.03. The molecule has 2 heterocycles. The minimum Gasteiger partial charge on any atom is -0.494 e. The first-order valence-electron chi connectivity index (χ1n) is 9.04. The summed E-state index contributed by atoms with van der Waals surface area (Å²) in [5.41, 5.74) is 0.736. The lowest BCUT2D eigenvalue weighted by atomic mass is 9.93. The number of amides is 1. The van der Waals surface area contributed by atoms with Crippen LogP contribution in [0.2, 0.25) is 0 Å². The number of carbonyl (C=O) groups excluding carboxylic acids is 1. The molecular formula is C20H20N2O4S. The molecule has 0 saturated heterocycles. The zero-order chi connectivity index (χ0) is 19.0. The molecule has 1 aliphatic carbocycles. The normalized spacial score (nSPS) is 16.1. The van der Waals surface area contributed by atoms with Gasteiger partial charge in [0.1, 0.15) is 16.9 Å². The van der Waals surface area contributed by atoms with Crippen molar-refractivity contribution in [1.82, 2.24) is 4.98 Å². The molecule has 1 N–H and O–H groups in total. The highest BCUT2D eigenvalue weighted by molar-refractivity contribution is 7.15. The van der Waals surface area contributed by atoms with Crippen molar-refractivity contribution in [3.63, 3.8) is 0 Å². The first-order valence-corrected chi connectivity index (χ1v) is 9.85. The number of hydrogen-bond acceptors (Lipinski definition) is 6. The van der Waals surface area contributed by atoms with Crippen molar-refractivity contribution in [2.45, 2.75) is 33.1 Å². The topological polar surface area (TPSA) is 81.4 Å². The van der Waals surface area contributed by atoms with Crippen LogP contribution in [0.1, 0.15) is 41.2 Å². The van der Waals surface area contributed by atoms with E-state index in [4.69, 9.17) is 9.15 Å². The Labute approximate surface area is 160 Å². The Hall–Kier alpha value is -2.67. The largest absolute Gasteiger partial charge is 0.494 e. The van der Waals surface area contributed by atoms with Crippen molar-refractivity contribution >= 4 is 33.3 Å². The molecule has 0 aliphatic heterocycles. The summed E-state index contributed by atoms with van der Waals surface area (Å²) in [5.74, 6) is 0.752. The Morgan fingerprint density at radius 1 is 1.41 bits per heavy atom. The van der Waals surface area contributed by atoms with Crippen molar-refractivity contribution in [3.05, 3.63) is 50.8 Å². The number of aryl methyl sites for hydroxylation is 1. The van der Waals surface area contributed by atoms with Crippen molar-refractivity contribution < 1.29 is 13.9 Å². The highest BCUT2D eigenvalue weighted by Gasteiger charge is 2.22. The van der Waals surface area contributed by atoms with E-state index in [9.17, 15) is 9.59 Å². The van der Waals surface area contributed by atoms with Crippen LogP contribution in [0.4, 0.5) is 5.13 Å². The Kier molecular flexibility index (Phi) is 4.70. The minimum atomic E-state index is -0.677. The van der Waals surface area contributed by atoms with Gasteiger partial charge in [0, 0.05) is 16.3 Å². The SMILES string of the molecule is CCOc1ccc2cc(C(=O)Nc3nc4c(s3)CC(C)CC4)c(=O)oc2c1. The molecule has 3 aromatic rings. The summed E-state index contributed by atoms with van der Waals surface area (Å²) < 4.78 is 10.7. The highest BCUT2D eigenvalue weighted by atomic mass is 32.1. The summed E-state index contributed by atoms with van der Waals surface area (Å²) >= 11 is 1.49. The molecule has 1 amide bonds. The zero-order valence-corrected chi connectivity index (χ0v) is 16.0. The number of nitrogens with one attached hydrogen (secondary N) is 1. The molecular weight excluding hydrogens is 364 g/mol. The first-order chi connectivity index (χ1) is 13.0. The second-order valence-corrected chi connectivity index (χ2v) is 7.85. The maximum atomic E-state index is 12.6. The summed E-state index contributed by atoms with van der Waals surface area (Å²) in [4.78, 5) is 30.6. The van der Waals surface area contributed by atoms with E-state index in [-0.39, 0.29) is 5.56 Å². The lowest BCUT2D eigenvalue weighted by molar-refractivity contribution is 0.102. The fourth-order valence-corrected chi connectivity index (χ4v) is 4.43. The van der Waals surface area contributed by atoms with E-state index in [0.29, 0.717) is 34.4 Å². The van der Waals surface area contributed by atoms with E-state index in [0.717, 1.165) is 25.0 Å². The molecule has 0 radical (unpaired) electrons. The lowest BCUT2D eigenvalue weighted by Crippen LogP contribution is -2.20. The summed E-state index contributed by atoms with van der Waals surface area (Å²) in [5, 5.41) is 3.95. The van der Waals surface area contributed by atoms with E-state index < -0.39 is 11.5 Å². The fourth-order valence-electron chi connectivity index (χ4n) is 3.26. The van der Waals surface area contributed by atoms with Crippen LogP contribution >= 0.6 is 11.3 Å². The number of thiazole rings is 1. The van der Waals surface area contributed by atoms with Crippen LogP contribution in [0.15, 0.2) is 33.5 Å². The molecule has 0 fully saturated rings. The van der Waals surface area contributed by atoms with Crippen LogP contribution < -0.4 is 15.7 Å². The van der Waals surface area contributed by atoms with Gasteiger partial charge in [-0.15, -0.1) is 11.3 Å². The maximum Gasteiger partial charge on any atom is 0.349 e. The molecule has 1 unspecified atom stereocenters. The van der Waals surface area contributed by atoms with Crippen LogP contribution in [-0.2, 0) is 12.8 Å². The Bertz CT molecular complexity index is 1070.